The SMILES string of the molecule is Cn1nc(C(=O)N2CCN(c3cccc[nH+]3)CC2)c2ccccc2c1=O. The molecule has 4 rings (SSSR count). The predicted octanol–water partition coefficient (Wildman–Crippen LogP) is 0.710. The lowest BCUT2D eigenvalue weighted by Crippen LogP contribution is -2.50. The first-order chi connectivity index (χ1) is 12.6. The maximum atomic E-state index is 13.0. The molecule has 1 fully saturated rings. The van der Waals surface area contributed by atoms with Crippen LogP contribution in [0, 0.1) is 0 Å². The van der Waals surface area contributed by atoms with Gasteiger partial charge in [-0.25, -0.2) is 9.67 Å². The van der Waals surface area contributed by atoms with Crippen molar-refractivity contribution in [1.82, 2.24) is 14.7 Å². The first-order valence-corrected chi connectivity index (χ1v) is 8.62. The summed E-state index contributed by atoms with van der Waals surface area (Å²) in [6, 6.07) is 13.1. The first kappa shape index (κ1) is 16.3. The van der Waals surface area contributed by atoms with E-state index in [1.807, 2.05) is 30.5 Å². The van der Waals surface area contributed by atoms with Crippen LogP contribution in [0.1, 0.15) is 10.5 Å². The molecule has 0 atom stereocenters. The van der Waals surface area contributed by atoms with Crippen molar-refractivity contribution in [2.24, 2.45) is 7.05 Å². The van der Waals surface area contributed by atoms with E-state index in [1.54, 1.807) is 30.1 Å². The topological polar surface area (TPSA) is 72.6 Å². The number of anilines is 1. The van der Waals surface area contributed by atoms with E-state index in [-0.39, 0.29) is 11.5 Å². The smallest absolute Gasteiger partial charge is 0.275 e. The van der Waals surface area contributed by atoms with Gasteiger partial charge in [0.25, 0.3) is 17.3 Å². The molecule has 132 valence electrons. The minimum Gasteiger partial charge on any atom is -0.329 e. The Morgan fingerprint density at radius 3 is 2.38 bits per heavy atom. The van der Waals surface area contributed by atoms with Crippen molar-refractivity contribution in [3.8, 4) is 0 Å². The summed E-state index contributed by atoms with van der Waals surface area (Å²) in [5.74, 6) is 0.916. The number of hydrogen-bond acceptors (Lipinski definition) is 4. The van der Waals surface area contributed by atoms with Gasteiger partial charge in [0.2, 0.25) is 0 Å². The van der Waals surface area contributed by atoms with Crippen LogP contribution in [0.15, 0.2) is 53.5 Å². The quantitative estimate of drug-likeness (QED) is 0.682. The lowest BCUT2D eigenvalue weighted by molar-refractivity contribution is -0.364. The zero-order valence-corrected chi connectivity index (χ0v) is 14.6. The van der Waals surface area contributed by atoms with Crippen molar-refractivity contribution in [3.63, 3.8) is 0 Å². The van der Waals surface area contributed by atoms with Crippen molar-refractivity contribution < 1.29 is 9.78 Å². The van der Waals surface area contributed by atoms with Crippen molar-refractivity contribution >= 4 is 22.5 Å². The van der Waals surface area contributed by atoms with Gasteiger partial charge in [-0.15, -0.1) is 0 Å². The number of H-pyrrole nitrogens is 1. The highest BCUT2D eigenvalue weighted by Crippen LogP contribution is 2.17. The van der Waals surface area contributed by atoms with Gasteiger partial charge in [-0.05, 0) is 12.1 Å². The van der Waals surface area contributed by atoms with Crippen LogP contribution >= 0.6 is 0 Å². The Morgan fingerprint density at radius 2 is 1.69 bits per heavy atom. The second kappa shape index (κ2) is 6.59. The van der Waals surface area contributed by atoms with Crippen LogP contribution in [0.3, 0.4) is 0 Å². The molecule has 3 heterocycles. The Balaban J connectivity index is 1.59. The van der Waals surface area contributed by atoms with Gasteiger partial charge in [-0.2, -0.15) is 5.10 Å². The average molecular weight is 350 g/mol. The fourth-order valence-electron chi connectivity index (χ4n) is 3.34. The van der Waals surface area contributed by atoms with Gasteiger partial charge in [0.1, 0.15) is 13.1 Å². The van der Waals surface area contributed by atoms with Crippen LogP contribution in [0.2, 0.25) is 0 Å². The summed E-state index contributed by atoms with van der Waals surface area (Å²) < 4.78 is 1.24. The summed E-state index contributed by atoms with van der Waals surface area (Å²) in [6.45, 7) is 2.72. The molecule has 1 aliphatic heterocycles. The molecule has 0 radical (unpaired) electrons. The molecule has 1 aliphatic rings. The number of rotatable bonds is 2. The molecule has 1 aromatic carbocycles. The normalized spacial score (nSPS) is 14.7. The van der Waals surface area contributed by atoms with E-state index in [0.717, 1.165) is 18.9 Å². The first-order valence-electron chi connectivity index (χ1n) is 8.62. The standard InChI is InChI=1S/C19H19N5O2/c1-22-18(25)15-7-3-2-6-14(15)17(21-22)19(26)24-12-10-23(11-13-24)16-8-4-5-9-20-16/h2-9H,10-13H2,1H3/p+1. The molecule has 1 N–H and O–H groups in total. The number of nitrogens with zero attached hydrogens (tertiary/aromatic N) is 4. The van der Waals surface area contributed by atoms with E-state index < -0.39 is 0 Å². The third kappa shape index (κ3) is 2.81. The van der Waals surface area contributed by atoms with E-state index in [9.17, 15) is 9.59 Å². The van der Waals surface area contributed by atoms with Crippen molar-refractivity contribution in [2.45, 2.75) is 0 Å². The van der Waals surface area contributed by atoms with E-state index in [4.69, 9.17) is 0 Å². The third-order valence-electron chi connectivity index (χ3n) is 4.76. The molecule has 1 saturated heterocycles. The van der Waals surface area contributed by atoms with E-state index in [1.165, 1.54) is 4.68 Å². The van der Waals surface area contributed by atoms with Crippen LogP contribution in [0.4, 0.5) is 5.82 Å². The van der Waals surface area contributed by atoms with Crippen molar-refractivity contribution in [1.29, 1.82) is 0 Å². The molecular formula is C19H20N5O2+. The minimum absolute atomic E-state index is 0.131. The monoisotopic (exact) mass is 350 g/mol. The number of pyridine rings is 1. The number of benzene rings is 1. The van der Waals surface area contributed by atoms with E-state index in [0.29, 0.717) is 29.6 Å². The van der Waals surface area contributed by atoms with E-state index >= 15 is 0 Å². The second-order valence-corrected chi connectivity index (χ2v) is 6.35. The third-order valence-corrected chi connectivity index (χ3v) is 4.76. The molecule has 0 saturated carbocycles. The van der Waals surface area contributed by atoms with Crippen molar-refractivity contribution in [3.05, 3.63) is 64.7 Å². The predicted molar refractivity (Wildman–Crippen MR) is 98.1 cm³/mol. The largest absolute Gasteiger partial charge is 0.329 e. The molecule has 0 unspecified atom stereocenters. The number of aromatic nitrogens is 3. The zero-order chi connectivity index (χ0) is 18.1. The van der Waals surface area contributed by atoms with E-state index in [2.05, 4.69) is 15.0 Å². The Labute approximate surface area is 150 Å². The second-order valence-electron chi connectivity index (χ2n) is 6.35. The Bertz CT molecular complexity index is 1010. The summed E-state index contributed by atoms with van der Waals surface area (Å²) in [7, 11) is 1.58. The number of aryl methyl sites for hydroxylation is 1. The number of hydrogen-bond donors (Lipinski definition) is 0. The number of nitrogens with one attached hydrogen (secondary N) is 1. The number of fused-ring (bicyclic) bond motifs is 1. The van der Waals surface area contributed by atoms with Crippen LogP contribution in [-0.2, 0) is 7.05 Å². The van der Waals surface area contributed by atoms with Crippen LogP contribution in [0.25, 0.3) is 10.8 Å². The van der Waals surface area contributed by atoms with Gasteiger partial charge in [0, 0.05) is 18.5 Å². The maximum absolute atomic E-state index is 13.0. The van der Waals surface area contributed by atoms with Gasteiger partial charge in [0.05, 0.1) is 24.7 Å². The highest BCUT2D eigenvalue weighted by molar-refractivity contribution is 6.04. The van der Waals surface area contributed by atoms with Crippen LogP contribution in [-0.4, -0.2) is 46.8 Å². The molecule has 7 heteroatoms. The summed E-state index contributed by atoms with van der Waals surface area (Å²) in [5.41, 5.74) is 0.143. The Morgan fingerprint density at radius 1 is 1.00 bits per heavy atom. The Hall–Kier alpha value is -3.22. The molecule has 0 aliphatic carbocycles. The summed E-state index contributed by atoms with van der Waals surface area (Å²) in [5, 5.41) is 5.38. The molecule has 2 aromatic heterocycles. The fourth-order valence-corrected chi connectivity index (χ4v) is 3.34. The molecular weight excluding hydrogens is 330 g/mol. The molecule has 0 bridgehead atoms. The van der Waals surface area contributed by atoms with Gasteiger partial charge >= 0.3 is 0 Å². The van der Waals surface area contributed by atoms with Crippen molar-refractivity contribution in [2.75, 3.05) is 31.1 Å². The lowest BCUT2D eigenvalue weighted by Gasteiger charge is -2.30. The molecule has 0 spiro atoms. The summed E-state index contributed by atoms with van der Waals surface area (Å²) in [6.07, 6.45) is 1.90. The minimum atomic E-state index is -0.193. The maximum Gasteiger partial charge on any atom is 0.275 e. The molecule has 3 aromatic rings. The van der Waals surface area contributed by atoms with Crippen LogP contribution in [0.5, 0.6) is 0 Å². The van der Waals surface area contributed by atoms with Gasteiger partial charge in [-0.1, -0.05) is 24.3 Å². The number of aromatic amines is 1. The Kier molecular flexibility index (Phi) is 4.12. The molecule has 7 nitrogen and oxygen atoms in total. The highest BCUT2D eigenvalue weighted by Gasteiger charge is 2.28. The number of carbonyl (C=O) groups is 1. The summed E-state index contributed by atoms with van der Waals surface area (Å²) >= 11 is 0. The fraction of sp³-hybridized carbons (Fsp3) is 0.263. The van der Waals surface area contributed by atoms with Crippen LogP contribution < -0.4 is 15.4 Å². The zero-order valence-electron chi connectivity index (χ0n) is 14.6. The van der Waals surface area contributed by atoms with Gasteiger partial charge < -0.3 is 4.90 Å². The number of carbonyl (C=O) groups excluding carboxylic acids is 1. The summed E-state index contributed by atoms with van der Waals surface area (Å²) in [4.78, 5) is 32.5. The molecule has 1 amide bonds. The molecule has 26 heavy (non-hydrogen) atoms. The van der Waals surface area contributed by atoms with Gasteiger partial charge in [-0.3, -0.25) is 14.5 Å². The lowest BCUT2D eigenvalue weighted by atomic mass is 10.1. The number of piperazine rings is 1. The van der Waals surface area contributed by atoms with Gasteiger partial charge in [0.15, 0.2) is 5.69 Å². The highest BCUT2D eigenvalue weighted by atomic mass is 16.2. The number of amides is 1. The average Bonchev–Trinajstić information content (AvgIpc) is 2.71.